The average molecular weight is 1550 g/mol. The first-order valence-electron chi connectivity index (χ1n) is 41.4. The molecule has 0 aromatic rings. The SMILES string of the molecule is CC/C=C\C/C=C\C/C=C\C/C=C\C/C=C\CCCCCC(=O)OCC(COP(=O)(O)OCC(O)COP(=O)(O)OCC(COC(=O)CCCCCCCC/C=C\C/C=C\C/C=C\CCCCC)OC(=O)CCC/C=C\C/C=C\C/C=C\C/C=C\C/C=C\CC)OC(=O)CCCCCCC/C=C\CCCCCC. The molecule has 614 valence electrons. The summed E-state index contributed by atoms with van der Waals surface area (Å²) in [4.78, 5) is 73.1. The summed E-state index contributed by atoms with van der Waals surface area (Å²) in [7, 11) is -10.0. The van der Waals surface area contributed by atoms with Crippen LogP contribution in [0.2, 0.25) is 0 Å². The number of carbonyl (C=O) groups is 4. The number of carbonyl (C=O) groups excluding carboxylic acids is 4. The average Bonchev–Trinajstić information content (AvgIpc) is 0.916. The number of aliphatic hydroxyl groups is 1. The fraction of sp³-hybridized carbons (Fsp3) is 0.640. The molecule has 108 heavy (non-hydrogen) atoms. The molecule has 0 fully saturated rings. The van der Waals surface area contributed by atoms with Crippen LogP contribution >= 0.6 is 15.6 Å². The van der Waals surface area contributed by atoms with Gasteiger partial charge in [-0.3, -0.25) is 37.3 Å². The summed E-state index contributed by atoms with van der Waals surface area (Å²) in [6.45, 7) is 4.48. The molecule has 0 aliphatic heterocycles. The molecule has 0 aliphatic carbocycles. The third-order valence-electron chi connectivity index (χ3n) is 16.6. The van der Waals surface area contributed by atoms with Gasteiger partial charge in [-0.25, -0.2) is 9.13 Å². The molecule has 3 N–H and O–H groups in total. The number of unbranched alkanes of at least 4 members (excludes halogenated alkanes) is 22. The van der Waals surface area contributed by atoms with E-state index in [1.165, 1.54) is 44.9 Å². The Hall–Kier alpha value is -5.58. The predicted octanol–water partition coefficient (Wildman–Crippen LogP) is 24.6. The number of hydrogen-bond acceptors (Lipinski definition) is 15. The fourth-order valence-electron chi connectivity index (χ4n) is 10.4. The maximum Gasteiger partial charge on any atom is 0.472 e. The van der Waals surface area contributed by atoms with E-state index < -0.39 is 97.5 Å². The molecule has 0 amide bonds. The number of allylic oxidation sites excluding steroid dienone is 28. The van der Waals surface area contributed by atoms with Crippen molar-refractivity contribution < 1.29 is 80.2 Å². The Balaban J connectivity index is 5.46. The Morgan fingerprint density at radius 3 is 0.815 bits per heavy atom. The molecule has 0 spiro atoms. The quantitative estimate of drug-likeness (QED) is 0.0169. The van der Waals surface area contributed by atoms with E-state index in [9.17, 15) is 43.2 Å². The van der Waals surface area contributed by atoms with E-state index in [4.69, 9.17) is 37.0 Å². The molecule has 0 saturated carbocycles. The van der Waals surface area contributed by atoms with Gasteiger partial charge in [-0.05, 0) is 173 Å². The number of hydrogen-bond donors (Lipinski definition) is 3. The monoisotopic (exact) mass is 1550 g/mol. The lowest BCUT2D eigenvalue weighted by atomic mass is 10.1. The van der Waals surface area contributed by atoms with E-state index in [-0.39, 0.29) is 25.7 Å². The molecule has 0 heterocycles. The maximum absolute atomic E-state index is 13.1. The second-order valence-electron chi connectivity index (χ2n) is 26.9. The number of phosphoric ester groups is 2. The van der Waals surface area contributed by atoms with Crippen molar-refractivity contribution in [2.75, 3.05) is 39.6 Å². The van der Waals surface area contributed by atoms with Crippen LogP contribution in [0.3, 0.4) is 0 Å². The molecule has 0 rings (SSSR count). The molecule has 17 nitrogen and oxygen atoms in total. The first kappa shape index (κ1) is 102. The van der Waals surface area contributed by atoms with Crippen LogP contribution < -0.4 is 0 Å². The van der Waals surface area contributed by atoms with Crippen molar-refractivity contribution in [3.8, 4) is 0 Å². The zero-order valence-corrected chi connectivity index (χ0v) is 69.0. The summed E-state index contributed by atoms with van der Waals surface area (Å²) in [6.07, 6.45) is 94.7. The summed E-state index contributed by atoms with van der Waals surface area (Å²) in [5.41, 5.74) is 0. The van der Waals surface area contributed by atoms with Gasteiger partial charge in [0.1, 0.15) is 19.3 Å². The molecule has 0 aromatic heterocycles. The molecule has 0 bridgehead atoms. The van der Waals surface area contributed by atoms with Gasteiger partial charge in [0.2, 0.25) is 0 Å². The van der Waals surface area contributed by atoms with E-state index >= 15 is 0 Å². The molecule has 0 radical (unpaired) electrons. The Labute approximate surface area is 654 Å². The Morgan fingerprint density at radius 1 is 0.269 bits per heavy atom. The molecule has 0 aliphatic rings. The van der Waals surface area contributed by atoms with Gasteiger partial charge in [-0.15, -0.1) is 0 Å². The zero-order chi connectivity index (χ0) is 78.9. The van der Waals surface area contributed by atoms with Gasteiger partial charge in [0, 0.05) is 25.7 Å². The van der Waals surface area contributed by atoms with E-state index in [1.54, 1.807) is 0 Å². The van der Waals surface area contributed by atoms with Gasteiger partial charge in [0.25, 0.3) is 0 Å². The van der Waals surface area contributed by atoms with Crippen molar-refractivity contribution in [1.82, 2.24) is 0 Å². The third-order valence-corrected chi connectivity index (χ3v) is 18.5. The van der Waals surface area contributed by atoms with Crippen LogP contribution in [0.1, 0.15) is 310 Å². The van der Waals surface area contributed by atoms with E-state index in [1.807, 2.05) is 12.2 Å². The van der Waals surface area contributed by atoms with Crippen molar-refractivity contribution in [3.05, 3.63) is 170 Å². The predicted molar refractivity (Wildman–Crippen MR) is 445 cm³/mol. The van der Waals surface area contributed by atoms with Crippen LogP contribution in [0.5, 0.6) is 0 Å². The number of esters is 4. The number of aliphatic hydroxyl groups excluding tert-OH is 1. The van der Waals surface area contributed by atoms with Gasteiger partial charge in [0.05, 0.1) is 26.4 Å². The van der Waals surface area contributed by atoms with Gasteiger partial charge in [0.15, 0.2) is 12.2 Å². The highest BCUT2D eigenvalue weighted by Crippen LogP contribution is 2.45. The Kier molecular flexibility index (Phi) is 75.4. The van der Waals surface area contributed by atoms with Crippen LogP contribution in [0.15, 0.2) is 170 Å². The minimum atomic E-state index is -5.01. The summed E-state index contributed by atoms with van der Waals surface area (Å²) in [5, 5.41) is 10.7. The van der Waals surface area contributed by atoms with Crippen LogP contribution in [0.25, 0.3) is 0 Å². The zero-order valence-electron chi connectivity index (χ0n) is 67.2. The highest BCUT2D eigenvalue weighted by atomic mass is 31.2. The highest BCUT2D eigenvalue weighted by Gasteiger charge is 2.30. The second kappa shape index (κ2) is 79.5. The van der Waals surface area contributed by atoms with Crippen molar-refractivity contribution in [1.29, 1.82) is 0 Å². The molecular formula is C89H146O17P2. The highest BCUT2D eigenvalue weighted by molar-refractivity contribution is 7.47. The molecule has 5 atom stereocenters. The van der Waals surface area contributed by atoms with Crippen LogP contribution in [-0.4, -0.2) is 96.7 Å². The lowest BCUT2D eigenvalue weighted by Gasteiger charge is -2.21. The minimum absolute atomic E-state index is 0.00727. The number of phosphoric acid groups is 2. The van der Waals surface area contributed by atoms with Gasteiger partial charge >= 0.3 is 39.5 Å². The van der Waals surface area contributed by atoms with Gasteiger partial charge in [-0.2, -0.15) is 0 Å². The molecule has 19 heteroatoms. The summed E-state index contributed by atoms with van der Waals surface area (Å²) < 4.78 is 68.6. The van der Waals surface area contributed by atoms with E-state index in [0.717, 1.165) is 180 Å². The van der Waals surface area contributed by atoms with E-state index in [0.29, 0.717) is 32.1 Å². The van der Waals surface area contributed by atoms with Crippen LogP contribution in [0.4, 0.5) is 0 Å². The van der Waals surface area contributed by atoms with Crippen molar-refractivity contribution in [3.63, 3.8) is 0 Å². The molecule has 0 aromatic carbocycles. The summed E-state index contributed by atoms with van der Waals surface area (Å²) >= 11 is 0. The van der Waals surface area contributed by atoms with Crippen molar-refractivity contribution >= 4 is 39.5 Å². The van der Waals surface area contributed by atoms with Crippen molar-refractivity contribution in [2.45, 2.75) is 329 Å². The van der Waals surface area contributed by atoms with Crippen LogP contribution in [0, 0.1) is 0 Å². The number of ether oxygens (including phenoxy) is 4. The molecular weight excluding hydrogens is 1400 g/mol. The number of rotatable bonds is 76. The molecule has 5 unspecified atom stereocenters. The smallest absolute Gasteiger partial charge is 0.462 e. The topological polar surface area (TPSA) is 237 Å². The minimum Gasteiger partial charge on any atom is -0.462 e. The van der Waals surface area contributed by atoms with Crippen LogP contribution in [-0.2, 0) is 65.4 Å². The lowest BCUT2D eigenvalue weighted by molar-refractivity contribution is -0.161. The Morgan fingerprint density at radius 2 is 0.491 bits per heavy atom. The lowest BCUT2D eigenvalue weighted by Crippen LogP contribution is -2.30. The maximum atomic E-state index is 13.1. The first-order valence-corrected chi connectivity index (χ1v) is 44.4. The standard InChI is InChI=1S/C89H146O17P2/c1-5-9-13-17-21-25-29-33-36-39-41-44-46-50-53-57-61-65-69-73-86(91)99-79-84(105-88(93)75-71-67-63-59-55-49-32-28-24-20-16-12-8-4)81-103-107(95,96)101-77-83(90)78-102-108(97,98)104-82-85(106-89(94)76-72-68-64-60-56-52-48-43-38-35-31-27-23-19-15-11-7-3)80-100-87(92)74-70-66-62-58-54-51-47-45-42-40-37-34-30-26-22-18-14-10-6-2/h9,11,13,15,21-23,25-28,32-38,41-42,44-45,48,50,52-53,60,64,83-85,90H,5-8,10,12,14,16-20,24,29-31,39-40,43,46-47,49,51,54-59,61-63,65-82H2,1-4H3,(H,95,96)(H,97,98)/b13-9-,15-11-,25-21-,26-22-,27-23-,32-28-,36-33-,37-34-,38-35-,44-41-,45-42-,52-48-,53-50-,64-60-. The second-order valence-corrected chi connectivity index (χ2v) is 29.8. The van der Waals surface area contributed by atoms with Gasteiger partial charge in [-0.1, -0.05) is 281 Å². The first-order chi connectivity index (χ1) is 52.7. The van der Waals surface area contributed by atoms with E-state index in [2.05, 4.69) is 186 Å². The fourth-order valence-corrected chi connectivity index (χ4v) is 12.0. The summed E-state index contributed by atoms with van der Waals surface area (Å²) in [6, 6.07) is 0. The van der Waals surface area contributed by atoms with Crippen molar-refractivity contribution in [2.24, 2.45) is 0 Å². The van der Waals surface area contributed by atoms with Gasteiger partial charge < -0.3 is 33.8 Å². The Bertz CT molecular complexity index is 2710. The third kappa shape index (κ3) is 78.5. The summed E-state index contributed by atoms with van der Waals surface area (Å²) in [5.74, 6) is -2.31. The molecule has 0 saturated heterocycles. The normalized spacial score (nSPS) is 14.7. The largest absolute Gasteiger partial charge is 0.472 e.